The van der Waals surface area contributed by atoms with Crippen LogP contribution < -0.4 is 5.32 Å². The van der Waals surface area contributed by atoms with E-state index < -0.39 is 0 Å². The van der Waals surface area contributed by atoms with Crippen LogP contribution in [-0.4, -0.2) is 16.9 Å². The Balaban J connectivity index is 1.62. The lowest BCUT2D eigenvalue weighted by Gasteiger charge is -2.34. The van der Waals surface area contributed by atoms with Gasteiger partial charge in [-0.1, -0.05) is 82.6 Å². The largest absolute Gasteiger partial charge is 0.349 e. The van der Waals surface area contributed by atoms with Gasteiger partial charge < -0.3 is 5.32 Å². The van der Waals surface area contributed by atoms with Crippen molar-refractivity contribution >= 4 is 28.6 Å². The van der Waals surface area contributed by atoms with E-state index >= 15 is 0 Å². The van der Waals surface area contributed by atoms with E-state index in [1.54, 1.807) is 11.8 Å². The minimum Gasteiger partial charge on any atom is -0.349 e. The van der Waals surface area contributed by atoms with E-state index in [4.69, 9.17) is 4.98 Å². The number of nitrogens with zero attached hydrogens (tertiary/aromatic N) is 1. The molecular weight excluding hydrogens is 400 g/mol. The third-order valence-electron chi connectivity index (χ3n) is 6.73. The van der Waals surface area contributed by atoms with Gasteiger partial charge in [0, 0.05) is 16.3 Å². The number of rotatable bonds is 5. The number of amides is 1. The molecule has 31 heavy (non-hydrogen) atoms. The van der Waals surface area contributed by atoms with E-state index in [1.165, 1.54) is 18.4 Å². The van der Waals surface area contributed by atoms with Gasteiger partial charge in [-0.25, -0.2) is 4.98 Å². The lowest BCUT2D eigenvalue weighted by molar-refractivity contribution is 0.0892. The molecule has 4 rings (SSSR count). The molecule has 3 atom stereocenters. The van der Waals surface area contributed by atoms with E-state index in [-0.39, 0.29) is 11.9 Å². The molecule has 2 aromatic carbocycles. The Hall–Kier alpha value is -2.33. The van der Waals surface area contributed by atoms with Crippen molar-refractivity contribution < 1.29 is 4.79 Å². The third kappa shape index (κ3) is 4.95. The Morgan fingerprint density at radius 2 is 1.81 bits per heavy atom. The minimum absolute atomic E-state index is 0.0153. The predicted octanol–water partition coefficient (Wildman–Crippen LogP) is 7.06. The van der Waals surface area contributed by atoms with Crippen molar-refractivity contribution in [2.24, 2.45) is 11.8 Å². The Morgan fingerprint density at radius 1 is 1.06 bits per heavy atom. The number of para-hydroxylation sites is 1. The van der Waals surface area contributed by atoms with Crippen LogP contribution in [0.1, 0.15) is 68.8 Å². The molecule has 1 saturated carbocycles. The number of hydrogen-bond acceptors (Lipinski definition) is 3. The summed E-state index contributed by atoms with van der Waals surface area (Å²) in [6.07, 6.45) is 3.49. The highest BCUT2D eigenvalue weighted by Gasteiger charge is 2.29. The second kappa shape index (κ2) is 9.44. The van der Waals surface area contributed by atoms with Crippen molar-refractivity contribution in [2.45, 2.75) is 68.8 Å². The predicted molar refractivity (Wildman–Crippen MR) is 130 cm³/mol. The molecule has 1 fully saturated rings. The number of benzene rings is 2. The van der Waals surface area contributed by atoms with Crippen LogP contribution in [0.3, 0.4) is 0 Å². The van der Waals surface area contributed by atoms with E-state index in [9.17, 15) is 4.79 Å². The monoisotopic (exact) mass is 432 g/mol. The van der Waals surface area contributed by atoms with Crippen molar-refractivity contribution in [3.63, 3.8) is 0 Å². The molecule has 0 aliphatic heterocycles. The Kier molecular flexibility index (Phi) is 6.66. The maximum atomic E-state index is 13.4. The summed E-state index contributed by atoms with van der Waals surface area (Å²) < 4.78 is 0. The molecule has 0 radical (unpaired) electrons. The highest BCUT2D eigenvalue weighted by Crippen LogP contribution is 2.32. The van der Waals surface area contributed by atoms with Crippen LogP contribution >= 0.6 is 11.8 Å². The van der Waals surface area contributed by atoms with Crippen molar-refractivity contribution in [3.05, 3.63) is 65.7 Å². The fourth-order valence-corrected chi connectivity index (χ4v) is 5.30. The van der Waals surface area contributed by atoms with Gasteiger partial charge in [0.05, 0.1) is 11.1 Å². The number of carbonyl (C=O) groups excluding carboxylic acids is 1. The van der Waals surface area contributed by atoms with Gasteiger partial charge >= 0.3 is 0 Å². The number of fused-ring (bicyclic) bond motifs is 1. The summed E-state index contributed by atoms with van der Waals surface area (Å²) in [7, 11) is 0. The van der Waals surface area contributed by atoms with Crippen LogP contribution in [0.15, 0.2) is 64.5 Å². The number of nitrogens with one attached hydrogen (secondary N) is 1. The summed E-state index contributed by atoms with van der Waals surface area (Å²) in [5.41, 5.74) is 2.91. The van der Waals surface area contributed by atoms with Gasteiger partial charge in [-0.05, 0) is 54.0 Å². The molecule has 1 aromatic heterocycles. The number of hydrogen-bond donors (Lipinski definition) is 1. The first-order chi connectivity index (χ1) is 14.9. The van der Waals surface area contributed by atoms with Gasteiger partial charge in [0.2, 0.25) is 0 Å². The molecule has 1 heterocycles. The smallest absolute Gasteiger partial charge is 0.252 e. The molecule has 3 nitrogen and oxygen atoms in total. The lowest BCUT2D eigenvalue weighted by atomic mass is 9.78. The molecule has 3 aromatic rings. The van der Waals surface area contributed by atoms with E-state index in [1.807, 2.05) is 30.3 Å². The summed E-state index contributed by atoms with van der Waals surface area (Å²) in [5, 5.41) is 5.11. The second-order valence-electron chi connectivity index (χ2n) is 9.20. The average molecular weight is 433 g/mol. The Bertz CT molecular complexity index is 1060. The molecule has 3 unspecified atom stereocenters. The quantitative estimate of drug-likeness (QED) is 0.469. The van der Waals surface area contributed by atoms with Crippen molar-refractivity contribution in [3.8, 4) is 0 Å². The highest BCUT2D eigenvalue weighted by molar-refractivity contribution is 7.99. The number of carbonyl (C=O) groups is 1. The molecule has 0 spiro atoms. The van der Waals surface area contributed by atoms with Crippen molar-refractivity contribution in [1.82, 2.24) is 10.3 Å². The summed E-state index contributed by atoms with van der Waals surface area (Å²) >= 11 is 1.61. The summed E-state index contributed by atoms with van der Waals surface area (Å²) in [4.78, 5) is 19.3. The zero-order valence-electron chi connectivity index (χ0n) is 18.9. The molecule has 4 heteroatoms. The lowest BCUT2D eigenvalue weighted by Crippen LogP contribution is -2.43. The molecule has 1 aliphatic carbocycles. The van der Waals surface area contributed by atoms with Gasteiger partial charge in [-0.3, -0.25) is 4.79 Å². The van der Waals surface area contributed by atoms with Gasteiger partial charge in [0.25, 0.3) is 5.91 Å². The van der Waals surface area contributed by atoms with Gasteiger partial charge in [0.15, 0.2) is 0 Å². The molecule has 0 saturated heterocycles. The van der Waals surface area contributed by atoms with Crippen LogP contribution in [0.4, 0.5) is 0 Å². The van der Waals surface area contributed by atoms with Crippen LogP contribution in [0.5, 0.6) is 0 Å². The van der Waals surface area contributed by atoms with Gasteiger partial charge in [0.1, 0.15) is 5.03 Å². The summed E-state index contributed by atoms with van der Waals surface area (Å²) in [6, 6.07) is 18.8. The maximum Gasteiger partial charge on any atom is 0.252 e. The summed E-state index contributed by atoms with van der Waals surface area (Å²) in [6.45, 7) is 8.96. The molecule has 1 N–H and O–H groups in total. The van der Waals surface area contributed by atoms with E-state index in [2.05, 4.69) is 57.3 Å². The van der Waals surface area contributed by atoms with Crippen molar-refractivity contribution in [1.29, 1.82) is 0 Å². The first-order valence-electron chi connectivity index (χ1n) is 11.4. The first kappa shape index (κ1) is 21.9. The van der Waals surface area contributed by atoms with E-state index in [0.717, 1.165) is 32.8 Å². The summed E-state index contributed by atoms with van der Waals surface area (Å²) in [5.74, 6) is 1.67. The number of pyridine rings is 1. The fraction of sp³-hybridized carbons (Fsp3) is 0.407. The topological polar surface area (TPSA) is 42.0 Å². The van der Waals surface area contributed by atoms with Crippen LogP contribution in [0, 0.1) is 11.8 Å². The second-order valence-corrected chi connectivity index (χ2v) is 10.3. The molecule has 0 bridgehead atoms. The van der Waals surface area contributed by atoms with Crippen molar-refractivity contribution in [2.75, 3.05) is 0 Å². The highest BCUT2D eigenvalue weighted by atomic mass is 32.2. The van der Waals surface area contributed by atoms with Crippen LogP contribution in [0.25, 0.3) is 10.9 Å². The fourth-order valence-electron chi connectivity index (χ4n) is 4.46. The molecule has 162 valence electrons. The Labute approximate surface area is 190 Å². The maximum absolute atomic E-state index is 13.4. The number of aromatic nitrogens is 1. The first-order valence-corrected chi connectivity index (χ1v) is 12.2. The zero-order valence-corrected chi connectivity index (χ0v) is 19.7. The van der Waals surface area contributed by atoms with Crippen LogP contribution in [-0.2, 0) is 0 Å². The SMILES string of the molecule is CC(C)c1ccc(Sc2cc(C(=O)NC3CCCC(C)C3C)c3ccccc3n2)cc1. The third-order valence-corrected chi connectivity index (χ3v) is 7.66. The molecule has 1 amide bonds. The van der Waals surface area contributed by atoms with Crippen LogP contribution in [0.2, 0.25) is 0 Å². The molecular formula is C27H32N2OS. The zero-order chi connectivity index (χ0) is 22.0. The normalized spacial score (nSPS) is 21.4. The molecule has 1 aliphatic rings. The standard InChI is InChI=1S/C27H32N2OS/c1-17(2)20-12-14-21(15-13-20)31-26-16-23(22-9-5-6-10-25(22)28-26)27(30)29-24-11-7-8-18(3)19(24)4/h5-6,9-10,12-19,24H,7-8,11H2,1-4H3,(H,29,30). The minimum atomic E-state index is 0.0153. The van der Waals surface area contributed by atoms with Gasteiger partial charge in [-0.2, -0.15) is 0 Å². The van der Waals surface area contributed by atoms with Gasteiger partial charge in [-0.15, -0.1) is 0 Å². The average Bonchev–Trinajstić information content (AvgIpc) is 2.76. The van der Waals surface area contributed by atoms with E-state index in [0.29, 0.717) is 17.8 Å². The Morgan fingerprint density at radius 3 is 2.55 bits per heavy atom.